The van der Waals surface area contributed by atoms with Crippen molar-refractivity contribution < 1.29 is 18.3 Å². The summed E-state index contributed by atoms with van der Waals surface area (Å²) in [6.45, 7) is 0. The third kappa shape index (κ3) is 1.71. The Balaban J connectivity index is 2.83. The number of phenols is 1. The lowest BCUT2D eigenvalue weighted by Gasteiger charge is -2.09. The molecule has 1 heterocycles. The zero-order valence-corrected chi connectivity index (χ0v) is 7.78. The Morgan fingerprint density at radius 1 is 1.19 bits per heavy atom. The van der Waals surface area contributed by atoms with Gasteiger partial charge in [0.1, 0.15) is 5.75 Å². The van der Waals surface area contributed by atoms with Crippen LogP contribution in [0.3, 0.4) is 0 Å². The molecule has 0 saturated carbocycles. The Labute approximate surface area is 87.5 Å². The molecule has 0 radical (unpaired) electrons. The van der Waals surface area contributed by atoms with Crippen molar-refractivity contribution in [2.24, 2.45) is 0 Å². The summed E-state index contributed by atoms with van der Waals surface area (Å²) in [7, 11) is 0. The van der Waals surface area contributed by atoms with Gasteiger partial charge in [0.2, 0.25) is 5.95 Å². The summed E-state index contributed by atoms with van der Waals surface area (Å²) in [5.74, 6) is -0.663. The van der Waals surface area contributed by atoms with Crippen LogP contribution in [0.2, 0.25) is 0 Å². The number of nitrogen functional groups attached to an aromatic ring is 1. The second-order valence-corrected chi connectivity index (χ2v) is 3.13. The number of aromatic hydroxyl groups is 1. The SMILES string of the molecule is Nc1nc(C(F)(F)F)c2ccc(O)cc2n1. The largest absolute Gasteiger partial charge is 0.508 e. The first-order valence-electron chi connectivity index (χ1n) is 4.21. The van der Waals surface area contributed by atoms with Gasteiger partial charge in [-0.25, -0.2) is 9.97 Å². The Bertz CT molecular complexity index is 548. The zero-order valence-electron chi connectivity index (χ0n) is 7.78. The maximum absolute atomic E-state index is 12.6. The molecule has 0 aliphatic heterocycles. The molecule has 16 heavy (non-hydrogen) atoms. The van der Waals surface area contributed by atoms with E-state index in [4.69, 9.17) is 10.8 Å². The van der Waals surface area contributed by atoms with Crippen LogP contribution >= 0.6 is 0 Å². The van der Waals surface area contributed by atoms with Crippen LogP contribution in [0.15, 0.2) is 18.2 Å². The van der Waals surface area contributed by atoms with Crippen LogP contribution in [-0.2, 0) is 6.18 Å². The maximum Gasteiger partial charge on any atom is 0.434 e. The van der Waals surface area contributed by atoms with Gasteiger partial charge in [0, 0.05) is 11.5 Å². The molecular weight excluding hydrogens is 223 g/mol. The molecule has 0 amide bonds. The van der Waals surface area contributed by atoms with Gasteiger partial charge < -0.3 is 10.8 Å². The Morgan fingerprint density at radius 2 is 1.88 bits per heavy atom. The number of halogens is 3. The highest BCUT2D eigenvalue weighted by Crippen LogP contribution is 2.34. The molecule has 1 aromatic carbocycles. The van der Waals surface area contributed by atoms with E-state index in [1.165, 1.54) is 0 Å². The molecule has 1 aromatic heterocycles. The first kappa shape index (κ1) is 10.5. The molecule has 0 spiro atoms. The molecule has 0 unspecified atom stereocenters. The lowest BCUT2D eigenvalue weighted by molar-refractivity contribution is -0.139. The first-order valence-corrected chi connectivity index (χ1v) is 4.21. The summed E-state index contributed by atoms with van der Waals surface area (Å²) in [6.07, 6.45) is -4.60. The number of aromatic nitrogens is 2. The van der Waals surface area contributed by atoms with Crippen LogP contribution in [0.25, 0.3) is 10.9 Å². The van der Waals surface area contributed by atoms with E-state index in [0.717, 1.165) is 18.2 Å². The normalized spacial score (nSPS) is 11.9. The van der Waals surface area contributed by atoms with Gasteiger partial charge in [-0.2, -0.15) is 13.2 Å². The molecule has 84 valence electrons. The third-order valence-electron chi connectivity index (χ3n) is 1.97. The Kier molecular flexibility index (Phi) is 2.11. The van der Waals surface area contributed by atoms with Gasteiger partial charge in [0.05, 0.1) is 5.52 Å². The third-order valence-corrected chi connectivity index (χ3v) is 1.97. The van der Waals surface area contributed by atoms with Crippen molar-refractivity contribution >= 4 is 16.9 Å². The van der Waals surface area contributed by atoms with E-state index in [9.17, 15) is 13.2 Å². The molecular formula is C9H6F3N3O. The number of hydrogen-bond donors (Lipinski definition) is 2. The van der Waals surface area contributed by atoms with Gasteiger partial charge in [-0.15, -0.1) is 0 Å². The van der Waals surface area contributed by atoms with Crippen LogP contribution in [0.1, 0.15) is 5.69 Å². The smallest absolute Gasteiger partial charge is 0.434 e. The Morgan fingerprint density at radius 3 is 2.50 bits per heavy atom. The number of phenolic OH excluding ortho intramolecular Hbond substituents is 1. The Hall–Kier alpha value is -2.05. The van der Waals surface area contributed by atoms with E-state index in [0.29, 0.717) is 0 Å². The molecule has 0 bridgehead atoms. The minimum atomic E-state index is -4.60. The van der Waals surface area contributed by atoms with Crippen LogP contribution < -0.4 is 5.73 Å². The number of hydrogen-bond acceptors (Lipinski definition) is 4. The summed E-state index contributed by atoms with van der Waals surface area (Å²) in [5, 5.41) is 8.94. The number of nitrogens with zero attached hydrogens (tertiary/aromatic N) is 2. The zero-order chi connectivity index (χ0) is 11.9. The van der Waals surface area contributed by atoms with Gasteiger partial charge in [-0.3, -0.25) is 0 Å². The second-order valence-electron chi connectivity index (χ2n) is 3.13. The topological polar surface area (TPSA) is 72.0 Å². The van der Waals surface area contributed by atoms with Crippen molar-refractivity contribution in [1.29, 1.82) is 0 Å². The fourth-order valence-corrected chi connectivity index (χ4v) is 1.35. The van der Waals surface area contributed by atoms with E-state index in [-0.39, 0.29) is 16.7 Å². The lowest BCUT2D eigenvalue weighted by Crippen LogP contribution is -2.11. The highest BCUT2D eigenvalue weighted by atomic mass is 19.4. The minimum absolute atomic E-state index is 0.0418. The molecule has 3 N–H and O–H groups in total. The molecule has 7 heteroatoms. The molecule has 2 aromatic rings. The van der Waals surface area contributed by atoms with Crippen LogP contribution in [0, 0.1) is 0 Å². The minimum Gasteiger partial charge on any atom is -0.508 e. The molecule has 0 atom stereocenters. The predicted octanol–water partition coefficient (Wildman–Crippen LogP) is 1.94. The number of anilines is 1. The van der Waals surface area contributed by atoms with Crippen molar-refractivity contribution in [3.8, 4) is 5.75 Å². The highest BCUT2D eigenvalue weighted by molar-refractivity contribution is 5.83. The quantitative estimate of drug-likeness (QED) is 0.724. The summed E-state index contributed by atoms with van der Waals surface area (Å²) in [6, 6.07) is 3.34. The summed E-state index contributed by atoms with van der Waals surface area (Å²) in [5.41, 5.74) is 4.02. The van der Waals surface area contributed by atoms with E-state index in [1.807, 2.05) is 0 Å². The van der Waals surface area contributed by atoms with Crippen molar-refractivity contribution in [2.45, 2.75) is 6.18 Å². The fourth-order valence-electron chi connectivity index (χ4n) is 1.35. The van der Waals surface area contributed by atoms with Gasteiger partial charge in [-0.1, -0.05) is 0 Å². The molecule has 0 fully saturated rings. The molecule has 2 rings (SSSR count). The predicted molar refractivity (Wildman–Crippen MR) is 50.6 cm³/mol. The highest BCUT2D eigenvalue weighted by Gasteiger charge is 2.35. The summed E-state index contributed by atoms with van der Waals surface area (Å²) < 4.78 is 37.8. The summed E-state index contributed by atoms with van der Waals surface area (Å²) in [4.78, 5) is 6.78. The van der Waals surface area contributed by atoms with Crippen LogP contribution in [0.4, 0.5) is 19.1 Å². The van der Waals surface area contributed by atoms with Crippen molar-refractivity contribution in [2.75, 3.05) is 5.73 Å². The summed E-state index contributed by atoms with van der Waals surface area (Å²) >= 11 is 0. The molecule has 0 aliphatic rings. The molecule has 0 saturated heterocycles. The average molecular weight is 229 g/mol. The van der Waals surface area contributed by atoms with E-state index in [1.54, 1.807) is 0 Å². The average Bonchev–Trinajstić information content (AvgIpc) is 2.14. The standard InChI is InChI=1S/C9H6F3N3O/c10-9(11,12)7-5-2-1-4(16)3-6(5)14-8(13)15-7/h1-3,16H,(H2,13,14,15). The monoisotopic (exact) mass is 229 g/mol. The van der Waals surface area contributed by atoms with Crippen LogP contribution in [-0.4, -0.2) is 15.1 Å². The van der Waals surface area contributed by atoms with Crippen LogP contribution in [0.5, 0.6) is 5.75 Å². The van der Waals surface area contributed by atoms with E-state index in [2.05, 4.69) is 9.97 Å². The number of alkyl halides is 3. The van der Waals surface area contributed by atoms with Crippen molar-refractivity contribution in [3.05, 3.63) is 23.9 Å². The first-order chi connectivity index (χ1) is 7.38. The fraction of sp³-hybridized carbons (Fsp3) is 0.111. The molecule has 0 aliphatic carbocycles. The second kappa shape index (κ2) is 3.22. The van der Waals surface area contributed by atoms with Crippen molar-refractivity contribution in [3.63, 3.8) is 0 Å². The number of benzene rings is 1. The number of nitrogens with two attached hydrogens (primary N) is 1. The number of rotatable bonds is 0. The van der Waals surface area contributed by atoms with E-state index < -0.39 is 17.8 Å². The van der Waals surface area contributed by atoms with Crippen molar-refractivity contribution in [1.82, 2.24) is 9.97 Å². The van der Waals surface area contributed by atoms with E-state index >= 15 is 0 Å². The maximum atomic E-state index is 12.6. The van der Waals surface area contributed by atoms with Gasteiger partial charge >= 0.3 is 6.18 Å². The van der Waals surface area contributed by atoms with Gasteiger partial charge in [0.15, 0.2) is 5.69 Å². The lowest BCUT2D eigenvalue weighted by atomic mass is 10.1. The number of fused-ring (bicyclic) bond motifs is 1. The van der Waals surface area contributed by atoms with Gasteiger partial charge in [0.25, 0.3) is 0 Å². The molecule has 4 nitrogen and oxygen atoms in total. The van der Waals surface area contributed by atoms with Gasteiger partial charge in [-0.05, 0) is 12.1 Å².